The summed E-state index contributed by atoms with van der Waals surface area (Å²) in [6.45, 7) is -0.173. The molecular formula is C24H18BrN3O2. The minimum absolute atomic E-state index is 0.173. The molecule has 0 radical (unpaired) electrons. The van der Waals surface area contributed by atoms with E-state index in [-0.39, 0.29) is 12.5 Å². The second-order valence-electron chi connectivity index (χ2n) is 6.69. The average Bonchev–Trinajstić information content (AvgIpc) is 2.77. The first-order valence-corrected chi connectivity index (χ1v) is 10.2. The van der Waals surface area contributed by atoms with E-state index in [2.05, 4.69) is 50.0 Å². The van der Waals surface area contributed by atoms with Gasteiger partial charge in [0.05, 0.1) is 18.3 Å². The number of halogens is 1. The predicted molar refractivity (Wildman–Crippen MR) is 124 cm³/mol. The third-order valence-corrected chi connectivity index (χ3v) is 5.42. The van der Waals surface area contributed by atoms with Crippen molar-refractivity contribution in [2.24, 2.45) is 5.10 Å². The second kappa shape index (κ2) is 8.88. The normalized spacial score (nSPS) is 11.1. The summed E-state index contributed by atoms with van der Waals surface area (Å²) in [6.07, 6.45) is 1.65. The van der Waals surface area contributed by atoms with Crippen LogP contribution in [-0.4, -0.2) is 24.6 Å². The van der Waals surface area contributed by atoms with E-state index in [1.807, 2.05) is 42.5 Å². The fourth-order valence-electron chi connectivity index (χ4n) is 3.30. The highest BCUT2D eigenvalue weighted by Crippen LogP contribution is 2.27. The molecule has 2 amide bonds. The molecule has 0 unspecified atom stereocenters. The van der Waals surface area contributed by atoms with Gasteiger partial charge in [0.1, 0.15) is 0 Å². The van der Waals surface area contributed by atoms with Crippen LogP contribution in [0.5, 0.6) is 0 Å². The van der Waals surface area contributed by atoms with Gasteiger partial charge in [-0.2, -0.15) is 5.10 Å². The first-order valence-electron chi connectivity index (χ1n) is 9.38. The number of hydrazone groups is 1. The molecule has 0 aliphatic rings. The van der Waals surface area contributed by atoms with E-state index in [0.717, 1.165) is 27.1 Å². The summed E-state index contributed by atoms with van der Waals surface area (Å²) in [5, 5.41) is 11.0. The molecule has 5 nitrogen and oxygen atoms in total. The molecule has 0 saturated heterocycles. The molecule has 0 atom stereocenters. The fraction of sp³-hybridized carbons (Fsp3) is 0.0417. The van der Waals surface area contributed by atoms with Gasteiger partial charge in [0.25, 0.3) is 11.8 Å². The van der Waals surface area contributed by atoms with Crippen LogP contribution in [0, 0.1) is 0 Å². The van der Waals surface area contributed by atoms with Crippen LogP contribution in [0.1, 0.15) is 15.9 Å². The van der Waals surface area contributed by atoms with Gasteiger partial charge in [-0.15, -0.1) is 0 Å². The van der Waals surface area contributed by atoms with Gasteiger partial charge in [-0.05, 0) is 55.7 Å². The Hall–Kier alpha value is -3.51. The van der Waals surface area contributed by atoms with E-state index in [9.17, 15) is 9.59 Å². The van der Waals surface area contributed by atoms with Crippen LogP contribution in [0.4, 0.5) is 0 Å². The highest BCUT2D eigenvalue weighted by atomic mass is 79.9. The van der Waals surface area contributed by atoms with Crippen LogP contribution in [0.15, 0.2) is 88.4 Å². The second-order valence-corrected chi connectivity index (χ2v) is 7.54. The number of nitrogens with zero attached hydrogens (tertiary/aromatic N) is 1. The quantitative estimate of drug-likeness (QED) is 0.259. The Morgan fingerprint density at radius 3 is 2.13 bits per heavy atom. The lowest BCUT2D eigenvalue weighted by Crippen LogP contribution is -2.35. The predicted octanol–water partition coefficient (Wildman–Crippen LogP) is 4.64. The molecule has 0 bridgehead atoms. The van der Waals surface area contributed by atoms with E-state index in [4.69, 9.17) is 0 Å². The molecule has 30 heavy (non-hydrogen) atoms. The summed E-state index contributed by atoms with van der Waals surface area (Å²) in [5.41, 5.74) is 3.89. The Kier molecular flexibility index (Phi) is 5.86. The molecule has 0 aliphatic carbocycles. The summed E-state index contributed by atoms with van der Waals surface area (Å²) in [7, 11) is 0. The Morgan fingerprint density at radius 1 is 0.867 bits per heavy atom. The molecule has 4 aromatic carbocycles. The van der Waals surface area contributed by atoms with Gasteiger partial charge in [-0.1, -0.05) is 60.7 Å². The van der Waals surface area contributed by atoms with Crippen LogP contribution >= 0.6 is 15.9 Å². The van der Waals surface area contributed by atoms with Crippen LogP contribution in [-0.2, 0) is 4.79 Å². The lowest BCUT2D eigenvalue weighted by atomic mass is 9.97. The molecule has 0 saturated carbocycles. The molecule has 6 heteroatoms. The number of hydrogen-bond acceptors (Lipinski definition) is 3. The smallest absolute Gasteiger partial charge is 0.259 e. The number of carbonyl (C=O) groups is 2. The van der Waals surface area contributed by atoms with Crippen LogP contribution in [0.25, 0.3) is 21.5 Å². The molecule has 0 heterocycles. The maximum Gasteiger partial charge on any atom is 0.259 e. The van der Waals surface area contributed by atoms with Gasteiger partial charge in [0.2, 0.25) is 0 Å². The number of hydrogen-bond donors (Lipinski definition) is 2. The van der Waals surface area contributed by atoms with Crippen molar-refractivity contribution in [3.8, 4) is 0 Å². The van der Waals surface area contributed by atoms with Crippen molar-refractivity contribution in [1.29, 1.82) is 0 Å². The van der Waals surface area contributed by atoms with E-state index in [1.54, 1.807) is 24.4 Å². The standard InChI is InChI=1S/C24H18BrN3O2/c25-22-12-6-5-11-20(22)24(30)26-15-23(29)28-27-14-21-18-9-3-1-7-16(18)13-17-8-2-4-10-19(17)21/h1-14H,15H2,(H,26,30)(H,28,29). The van der Waals surface area contributed by atoms with Crippen molar-refractivity contribution in [1.82, 2.24) is 10.7 Å². The van der Waals surface area contributed by atoms with Gasteiger partial charge in [0.15, 0.2) is 0 Å². The maximum atomic E-state index is 12.2. The zero-order chi connectivity index (χ0) is 20.9. The molecule has 4 aromatic rings. The van der Waals surface area contributed by atoms with E-state index in [0.29, 0.717) is 10.0 Å². The minimum atomic E-state index is -0.406. The fourth-order valence-corrected chi connectivity index (χ4v) is 3.76. The lowest BCUT2D eigenvalue weighted by Gasteiger charge is -2.08. The molecule has 0 spiro atoms. The third-order valence-electron chi connectivity index (χ3n) is 4.72. The van der Waals surface area contributed by atoms with Crippen LogP contribution in [0.2, 0.25) is 0 Å². The lowest BCUT2D eigenvalue weighted by molar-refractivity contribution is -0.120. The molecule has 2 N–H and O–H groups in total. The van der Waals surface area contributed by atoms with Crippen molar-refractivity contribution >= 4 is 55.5 Å². The van der Waals surface area contributed by atoms with Crippen LogP contribution in [0.3, 0.4) is 0 Å². The molecule has 0 aromatic heterocycles. The first kappa shape index (κ1) is 19.8. The number of fused-ring (bicyclic) bond motifs is 2. The molecule has 0 fully saturated rings. The Balaban J connectivity index is 1.48. The Morgan fingerprint density at radius 2 is 1.47 bits per heavy atom. The van der Waals surface area contributed by atoms with Gasteiger partial charge in [-0.25, -0.2) is 5.43 Å². The topological polar surface area (TPSA) is 70.6 Å². The van der Waals surface area contributed by atoms with Crippen molar-refractivity contribution in [3.05, 3.63) is 94.5 Å². The molecular weight excluding hydrogens is 442 g/mol. The monoisotopic (exact) mass is 459 g/mol. The highest BCUT2D eigenvalue weighted by molar-refractivity contribution is 9.10. The number of nitrogens with one attached hydrogen (secondary N) is 2. The third kappa shape index (κ3) is 4.23. The van der Waals surface area contributed by atoms with E-state index >= 15 is 0 Å². The van der Waals surface area contributed by atoms with Gasteiger partial charge in [0, 0.05) is 10.0 Å². The largest absolute Gasteiger partial charge is 0.343 e. The van der Waals surface area contributed by atoms with Crippen molar-refractivity contribution in [2.45, 2.75) is 0 Å². The average molecular weight is 460 g/mol. The van der Waals surface area contributed by atoms with Gasteiger partial charge in [-0.3, -0.25) is 9.59 Å². The van der Waals surface area contributed by atoms with Crippen molar-refractivity contribution in [3.63, 3.8) is 0 Å². The summed E-state index contributed by atoms with van der Waals surface area (Å²) in [4.78, 5) is 24.3. The molecule has 4 rings (SSSR count). The number of amides is 2. The van der Waals surface area contributed by atoms with Gasteiger partial charge >= 0.3 is 0 Å². The van der Waals surface area contributed by atoms with Gasteiger partial charge < -0.3 is 5.32 Å². The number of carbonyl (C=O) groups excluding carboxylic acids is 2. The SMILES string of the molecule is O=C(CNC(=O)c1ccccc1Br)NN=Cc1c2ccccc2cc2ccccc12. The van der Waals surface area contributed by atoms with E-state index in [1.165, 1.54) is 0 Å². The highest BCUT2D eigenvalue weighted by Gasteiger charge is 2.10. The first-order chi connectivity index (χ1) is 14.6. The summed E-state index contributed by atoms with van der Waals surface area (Å²) >= 11 is 3.33. The summed E-state index contributed by atoms with van der Waals surface area (Å²) < 4.78 is 0.670. The summed E-state index contributed by atoms with van der Waals surface area (Å²) in [5.74, 6) is -0.738. The molecule has 148 valence electrons. The Bertz CT molecular complexity index is 1230. The zero-order valence-corrected chi connectivity index (χ0v) is 17.5. The van der Waals surface area contributed by atoms with E-state index < -0.39 is 5.91 Å². The number of benzene rings is 4. The maximum absolute atomic E-state index is 12.2. The number of rotatable bonds is 5. The zero-order valence-electron chi connectivity index (χ0n) is 15.9. The van der Waals surface area contributed by atoms with Crippen molar-refractivity contribution in [2.75, 3.05) is 6.54 Å². The van der Waals surface area contributed by atoms with Crippen LogP contribution < -0.4 is 10.7 Å². The summed E-state index contributed by atoms with van der Waals surface area (Å²) in [6, 6.07) is 25.3. The van der Waals surface area contributed by atoms with Crippen molar-refractivity contribution < 1.29 is 9.59 Å². The minimum Gasteiger partial charge on any atom is -0.343 e. The Labute approximate surface area is 181 Å². The molecule has 0 aliphatic heterocycles.